The molecular formula is C22H22ClN3O3S. The quantitative estimate of drug-likeness (QED) is 0.614. The monoisotopic (exact) mass is 443 g/mol. The normalized spacial score (nSPS) is 16.9. The van der Waals surface area contributed by atoms with Gasteiger partial charge in [-0.25, -0.2) is 4.98 Å². The summed E-state index contributed by atoms with van der Waals surface area (Å²) in [6.07, 6.45) is 2.62. The van der Waals surface area contributed by atoms with Crippen LogP contribution in [0, 0.1) is 6.92 Å². The molecule has 3 aromatic rings. The number of carbonyl (C=O) groups excluding carboxylic acids is 1. The summed E-state index contributed by atoms with van der Waals surface area (Å²) in [7, 11) is 1.54. The number of rotatable bonds is 4. The van der Waals surface area contributed by atoms with E-state index in [0.29, 0.717) is 39.1 Å². The Morgan fingerprint density at radius 2 is 2.03 bits per heavy atom. The highest BCUT2D eigenvalue weighted by Gasteiger charge is 2.26. The summed E-state index contributed by atoms with van der Waals surface area (Å²) in [5.74, 6) is 0.447. The first-order valence-electron chi connectivity index (χ1n) is 9.80. The molecule has 1 unspecified atom stereocenters. The summed E-state index contributed by atoms with van der Waals surface area (Å²) >= 11 is 7.60. The van der Waals surface area contributed by atoms with E-state index in [1.807, 2.05) is 31.2 Å². The van der Waals surface area contributed by atoms with Gasteiger partial charge in [0, 0.05) is 17.6 Å². The Balaban J connectivity index is 1.95. The van der Waals surface area contributed by atoms with Gasteiger partial charge in [-0.2, -0.15) is 0 Å². The van der Waals surface area contributed by atoms with Gasteiger partial charge in [-0.1, -0.05) is 41.9 Å². The van der Waals surface area contributed by atoms with Crippen LogP contribution in [0.4, 0.5) is 0 Å². The molecule has 1 aliphatic rings. The number of nitrogens with zero attached hydrogens (tertiary/aromatic N) is 2. The van der Waals surface area contributed by atoms with Crippen molar-refractivity contribution < 1.29 is 9.53 Å². The number of methoxy groups -OCH3 is 1. The zero-order chi connectivity index (χ0) is 21.3. The summed E-state index contributed by atoms with van der Waals surface area (Å²) in [6.45, 7) is 2.55. The number of halogens is 1. The lowest BCUT2D eigenvalue weighted by Crippen LogP contribution is -2.31. The van der Waals surface area contributed by atoms with Gasteiger partial charge in [-0.05, 0) is 43.5 Å². The molecule has 0 saturated carbocycles. The number of thioether (sulfide) groups is 1. The van der Waals surface area contributed by atoms with Crippen LogP contribution < -0.4 is 15.6 Å². The second kappa shape index (κ2) is 8.70. The summed E-state index contributed by atoms with van der Waals surface area (Å²) in [6, 6.07) is 10.7. The van der Waals surface area contributed by atoms with E-state index in [2.05, 4.69) is 5.32 Å². The Morgan fingerprint density at radius 3 is 2.83 bits per heavy atom. The maximum atomic E-state index is 13.5. The van der Waals surface area contributed by atoms with E-state index in [0.717, 1.165) is 24.8 Å². The highest BCUT2D eigenvalue weighted by atomic mass is 35.5. The zero-order valence-electron chi connectivity index (χ0n) is 16.8. The van der Waals surface area contributed by atoms with Crippen LogP contribution in [-0.4, -0.2) is 34.4 Å². The van der Waals surface area contributed by atoms with Crippen molar-refractivity contribution in [1.82, 2.24) is 14.9 Å². The van der Waals surface area contributed by atoms with E-state index in [1.165, 1.54) is 23.4 Å². The zero-order valence-corrected chi connectivity index (χ0v) is 18.3. The van der Waals surface area contributed by atoms with Crippen molar-refractivity contribution in [1.29, 1.82) is 0 Å². The van der Waals surface area contributed by atoms with E-state index < -0.39 is 0 Å². The molecule has 1 saturated heterocycles. The number of fused-ring (bicyclic) bond motifs is 1. The van der Waals surface area contributed by atoms with Crippen LogP contribution in [0.2, 0.25) is 5.02 Å². The number of benzene rings is 2. The summed E-state index contributed by atoms with van der Waals surface area (Å²) in [5.41, 5.74) is 1.76. The average molecular weight is 444 g/mol. The Morgan fingerprint density at radius 1 is 1.23 bits per heavy atom. The lowest BCUT2D eigenvalue weighted by Gasteiger charge is -2.19. The van der Waals surface area contributed by atoms with Crippen LogP contribution in [0.15, 0.2) is 46.3 Å². The van der Waals surface area contributed by atoms with Gasteiger partial charge < -0.3 is 10.1 Å². The fourth-order valence-corrected chi connectivity index (χ4v) is 4.86. The summed E-state index contributed by atoms with van der Waals surface area (Å²) in [4.78, 5) is 30.8. The van der Waals surface area contributed by atoms with E-state index >= 15 is 0 Å². The molecular weight excluding hydrogens is 422 g/mol. The smallest absolute Gasteiger partial charge is 0.266 e. The number of nitrogens with one attached hydrogen (secondary N) is 1. The molecule has 30 heavy (non-hydrogen) atoms. The number of hydrogen-bond donors (Lipinski definition) is 1. The molecule has 156 valence electrons. The van der Waals surface area contributed by atoms with Crippen molar-refractivity contribution in [2.24, 2.45) is 0 Å². The van der Waals surface area contributed by atoms with Gasteiger partial charge in [0.05, 0.1) is 29.0 Å². The minimum Gasteiger partial charge on any atom is -0.495 e. The molecule has 1 atom stereocenters. The molecule has 2 aromatic carbocycles. The van der Waals surface area contributed by atoms with Crippen LogP contribution in [0.3, 0.4) is 0 Å². The number of aryl methyl sites for hydroxylation is 1. The van der Waals surface area contributed by atoms with Gasteiger partial charge in [0.2, 0.25) is 5.91 Å². The summed E-state index contributed by atoms with van der Waals surface area (Å²) in [5, 5.41) is 4.15. The topological polar surface area (TPSA) is 73.2 Å². The number of para-hydroxylation sites is 1. The van der Waals surface area contributed by atoms with Crippen molar-refractivity contribution in [3.8, 4) is 11.4 Å². The third-order valence-electron chi connectivity index (χ3n) is 5.18. The van der Waals surface area contributed by atoms with Gasteiger partial charge in [0.1, 0.15) is 5.75 Å². The fourth-order valence-electron chi connectivity index (χ4n) is 3.54. The maximum Gasteiger partial charge on any atom is 0.266 e. The molecule has 1 amide bonds. The molecule has 6 nitrogen and oxygen atoms in total. The third kappa shape index (κ3) is 3.91. The average Bonchev–Trinajstić information content (AvgIpc) is 2.94. The molecule has 0 bridgehead atoms. The SMILES string of the molecule is COc1cc(Cl)c(C)cc1-n1c(SC2CCCCNC2=O)nc2ccccc2c1=O. The highest BCUT2D eigenvalue weighted by Crippen LogP contribution is 2.34. The molecule has 0 spiro atoms. The Kier molecular flexibility index (Phi) is 6.01. The van der Waals surface area contributed by atoms with E-state index in [1.54, 1.807) is 12.1 Å². The third-order valence-corrected chi connectivity index (χ3v) is 6.80. The largest absolute Gasteiger partial charge is 0.495 e. The number of hydrogen-bond acceptors (Lipinski definition) is 5. The fraction of sp³-hybridized carbons (Fsp3) is 0.318. The lowest BCUT2D eigenvalue weighted by atomic mass is 10.2. The van der Waals surface area contributed by atoms with E-state index in [-0.39, 0.29) is 16.7 Å². The van der Waals surface area contributed by atoms with Crippen molar-refractivity contribution >= 4 is 40.2 Å². The Labute approximate surface area is 183 Å². The highest BCUT2D eigenvalue weighted by molar-refractivity contribution is 8.00. The Hall–Kier alpha value is -2.51. The van der Waals surface area contributed by atoms with Crippen molar-refractivity contribution in [2.45, 2.75) is 36.6 Å². The molecule has 1 fully saturated rings. The van der Waals surface area contributed by atoms with Gasteiger partial charge in [-0.3, -0.25) is 14.2 Å². The van der Waals surface area contributed by atoms with Gasteiger partial charge >= 0.3 is 0 Å². The van der Waals surface area contributed by atoms with Gasteiger partial charge in [0.15, 0.2) is 5.16 Å². The van der Waals surface area contributed by atoms with Gasteiger partial charge in [0.25, 0.3) is 5.56 Å². The number of ether oxygens (including phenoxy) is 1. The van der Waals surface area contributed by atoms with Crippen LogP contribution in [0.5, 0.6) is 5.75 Å². The van der Waals surface area contributed by atoms with Crippen LogP contribution >= 0.6 is 23.4 Å². The Bertz CT molecular complexity index is 1180. The second-order valence-corrected chi connectivity index (χ2v) is 8.80. The predicted octanol–water partition coefficient (Wildman–Crippen LogP) is 4.12. The molecule has 1 aromatic heterocycles. The van der Waals surface area contributed by atoms with Crippen LogP contribution in [0.1, 0.15) is 24.8 Å². The molecule has 0 radical (unpaired) electrons. The first-order valence-corrected chi connectivity index (χ1v) is 11.1. The predicted molar refractivity (Wildman–Crippen MR) is 120 cm³/mol. The summed E-state index contributed by atoms with van der Waals surface area (Å²) < 4.78 is 7.06. The minimum absolute atomic E-state index is 0.0225. The maximum absolute atomic E-state index is 13.5. The second-order valence-electron chi connectivity index (χ2n) is 7.22. The van der Waals surface area contributed by atoms with Crippen molar-refractivity contribution in [3.05, 3.63) is 57.3 Å². The first-order chi connectivity index (χ1) is 14.5. The molecule has 1 N–H and O–H groups in total. The molecule has 2 heterocycles. The van der Waals surface area contributed by atoms with Crippen molar-refractivity contribution in [3.63, 3.8) is 0 Å². The molecule has 8 heteroatoms. The molecule has 4 rings (SSSR count). The molecule has 1 aliphatic heterocycles. The van der Waals surface area contributed by atoms with Gasteiger partial charge in [-0.15, -0.1) is 0 Å². The van der Waals surface area contributed by atoms with E-state index in [9.17, 15) is 9.59 Å². The number of carbonyl (C=O) groups is 1. The lowest BCUT2D eigenvalue weighted by molar-refractivity contribution is -0.120. The first kappa shape index (κ1) is 20.8. The number of aromatic nitrogens is 2. The number of amides is 1. The minimum atomic E-state index is -0.314. The van der Waals surface area contributed by atoms with E-state index in [4.69, 9.17) is 21.3 Å². The van der Waals surface area contributed by atoms with Crippen molar-refractivity contribution in [2.75, 3.05) is 13.7 Å². The van der Waals surface area contributed by atoms with Crippen LogP contribution in [-0.2, 0) is 4.79 Å². The standard InChI is InChI=1S/C22H22ClN3O3S/c1-13-11-17(18(29-2)12-15(13)23)26-21(28)14-7-3-4-8-16(14)25-22(26)30-19-9-5-6-10-24-20(19)27/h3-4,7-8,11-12,19H,5-6,9-10H2,1-2H3,(H,24,27). The molecule has 0 aliphatic carbocycles. The van der Waals surface area contributed by atoms with Crippen LogP contribution in [0.25, 0.3) is 16.6 Å².